The van der Waals surface area contributed by atoms with Crippen LogP contribution in [0.5, 0.6) is 0 Å². The molecule has 0 spiro atoms. The van der Waals surface area contributed by atoms with Crippen LogP contribution in [0, 0.1) is 5.92 Å². The number of aromatic amines is 1. The number of carboxylic acid groups (broad SMARTS) is 1. The van der Waals surface area contributed by atoms with Gasteiger partial charge in [0.1, 0.15) is 6.04 Å². The van der Waals surface area contributed by atoms with Crippen molar-refractivity contribution in [3.63, 3.8) is 0 Å². The van der Waals surface area contributed by atoms with Crippen molar-refractivity contribution < 1.29 is 19.5 Å². The normalized spacial score (nSPS) is 22.7. The number of fused-ring (bicyclic) bond motifs is 1. The standard InChI is InChI=1S/C24H31N3O4/c1-27-13-9-5-3-2-4-6-10-17(15-22(28)29)23(30)26-21(24(27)31)14-18-16-25-20-12-8-7-11-19(18)20/h2-3,7-8,11-12,16-17,21,25H,4-6,9-10,13-15H2,1H3,(H,26,30)(H,28,29)/b3-2+/t17-,21+/m1/s1. The molecule has 0 saturated heterocycles. The number of nitrogens with zero attached hydrogens (tertiary/aromatic N) is 1. The highest BCUT2D eigenvalue weighted by molar-refractivity contribution is 5.91. The molecule has 3 rings (SSSR count). The summed E-state index contributed by atoms with van der Waals surface area (Å²) in [5.41, 5.74) is 1.92. The summed E-state index contributed by atoms with van der Waals surface area (Å²) in [6.45, 7) is 0.599. The average Bonchev–Trinajstić information content (AvgIpc) is 3.15. The van der Waals surface area contributed by atoms with Gasteiger partial charge in [0, 0.05) is 43.0 Å². The second-order valence-electron chi connectivity index (χ2n) is 8.22. The van der Waals surface area contributed by atoms with Gasteiger partial charge in [-0.3, -0.25) is 14.4 Å². The second kappa shape index (κ2) is 10.8. The van der Waals surface area contributed by atoms with Crippen LogP contribution in [-0.4, -0.2) is 52.4 Å². The second-order valence-corrected chi connectivity index (χ2v) is 8.22. The van der Waals surface area contributed by atoms with Gasteiger partial charge < -0.3 is 20.3 Å². The molecule has 0 aliphatic carbocycles. The lowest BCUT2D eigenvalue weighted by molar-refractivity contribution is -0.142. The maximum absolute atomic E-state index is 13.2. The van der Waals surface area contributed by atoms with E-state index >= 15 is 0 Å². The van der Waals surface area contributed by atoms with Gasteiger partial charge in [0.05, 0.1) is 6.42 Å². The van der Waals surface area contributed by atoms with Crippen LogP contribution in [0.3, 0.4) is 0 Å². The van der Waals surface area contributed by atoms with Crippen molar-refractivity contribution in [3.8, 4) is 0 Å². The summed E-state index contributed by atoms with van der Waals surface area (Å²) < 4.78 is 0. The maximum Gasteiger partial charge on any atom is 0.304 e. The number of aromatic nitrogens is 1. The van der Waals surface area contributed by atoms with Gasteiger partial charge in [-0.25, -0.2) is 0 Å². The molecule has 0 bridgehead atoms. The molecule has 0 saturated carbocycles. The van der Waals surface area contributed by atoms with Crippen molar-refractivity contribution in [2.24, 2.45) is 5.92 Å². The Morgan fingerprint density at radius 2 is 1.90 bits per heavy atom. The lowest BCUT2D eigenvalue weighted by atomic mass is 9.95. The number of amides is 2. The number of aliphatic carboxylic acids is 1. The van der Waals surface area contributed by atoms with E-state index in [4.69, 9.17) is 0 Å². The highest BCUT2D eigenvalue weighted by Crippen LogP contribution is 2.21. The van der Waals surface area contributed by atoms with Crippen LogP contribution < -0.4 is 5.32 Å². The van der Waals surface area contributed by atoms with Crippen LogP contribution in [0.2, 0.25) is 0 Å². The number of H-pyrrole nitrogens is 1. The van der Waals surface area contributed by atoms with E-state index in [0.717, 1.165) is 42.1 Å². The molecule has 31 heavy (non-hydrogen) atoms. The largest absolute Gasteiger partial charge is 0.481 e. The van der Waals surface area contributed by atoms with Crippen molar-refractivity contribution in [1.82, 2.24) is 15.2 Å². The number of hydrogen-bond acceptors (Lipinski definition) is 3. The number of nitrogens with one attached hydrogen (secondary N) is 2. The van der Waals surface area contributed by atoms with Crippen molar-refractivity contribution in [3.05, 3.63) is 48.2 Å². The van der Waals surface area contributed by atoms with Crippen molar-refractivity contribution in [1.29, 1.82) is 0 Å². The van der Waals surface area contributed by atoms with Gasteiger partial charge in [0.2, 0.25) is 11.8 Å². The molecule has 1 aliphatic heterocycles. The highest BCUT2D eigenvalue weighted by atomic mass is 16.4. The van der Waals surface area contributed by atoms with Gasteiger partial charge in [-0.05, 0) is 43.7 Å². The predicted octanol–water partition coefficient (Wildman–Crippen LogP) is 3.26. The molecule has 7 heteroatoms. The van der Waals surface area contributed by atoms with E-state index in [1.807, 2.05) is 30.5 Å². The molecule has 2 heterocycles. The Hall–Kier alpha value is -3.09. The molecule has 3 N–H and O–H groups in total. The molecular formula is C24H31N3O4. The summed E-state index contributed by atoms with van der Waals surface area (Å²) in [6, 6.07) is 7.09. The fourth-order valence-corrected chi connectivity index (χ4v) is 4.09. The van der Waals surface area contributed by atoms with Crippen LogP contribution in [0.15, 0.2) is 42.6 Å². The number of carboxylic acids is 1. The van der Waals surface area contributed by atoms with Crippen LogP contribution in [0.1, 0.15) is 44.1 Å². The monoisotopic (exact) mass is 425 g/mol. The van der Waals surface area contributed by atoms with Crippen molar-refractivity contribution in [2.45, 2.75) is 51.0 Å². The topological polar surface area (TPSA) is 102 Å². The minimum atomic E-state index is -1.01. The number of carbonyl (C=O) groups excluding carboxylic acids is 2. The van der Waals surface area contributed by atoms with Gasteiger partial charge in [-0.1, -0.05) is 30.4 Å². The molecule has 0 fully saturated rings. The summed E-state index contributed by atoms with van der Waals surface area (Å²) in [7, 11) is 1.75. The zero-order valence-electron chi connectivity index (χ0n) is 18.0. The zero-order chi connectivity index (χ0) is 22.2. The minimum absolute atomic E-state index is 0.159. The Morgan fingerprint density at radius 3 is 2.68 bits per heavy atom. The third-order valence-corrected chi connectivity index (χ3v) is 5.84. The number of likely N-dealkylation sites (N-methyl/N-ethyl adjacent to an activating group) is 1. The molecule has 7 nitrogen and oxygen atoms in total. The van der Waals surface area contributed by atoms with E-state index in [1.165, 1.54) is 0 Å². The predicted molar refractivity (Wildman–Crippen MR) is 120 cm³/mol. The molecule has 166 valence electrons. The fourth-order valence-electron chi connectivity index (χ4n) is 4.09. The first-order chi connectivity index (χ1) is 15.0. The van der Waals surface area contributed by atoms with Gasteiger partial charge in [0.15, 0.2) is 0 Å². The van der Waals surface area contributed by atoms with Crippen LogP contribution >= 0.6 is 0 Å². The number of rotatable bonds is 4. The first-order valence-corrected chi connectivity index (χ1v) is 10.9. The quantitative estimate of drug-likeness (QED) is 0.654. The molecule has 2 atom stereocenters. The molecule has 1 aromatic heterocycles. The first-order valence-electron chi connectivity index (χ1n) is 10.9. The number of allylic oxidation sites excluding steroid dienone is 2. The molecule has 1 aromatic carbocycles. The van der Waals surface area contributed by atoms with Crippen LogP contribution in [-0.2, 0) is 20.8 Å². The molecule has 2 aromatic rings. The van der Waals surface area contributed by atoms with Crippen LogP contribution in [0.25, 0.3) is 10.9 Å². The number of benzene rings is 1. The lowest BCUT2D eigenvalue weighted by Crippen LogP contribution is -2.50. The molecule has 2 amide bonds. The van der Waals surface area contributed by atoms with E-state index < -0.39 is 17.9 Å². The number of para-hydroxylation sites is 1. The summed E-state index contributed by atoms with van der Waals surface area (Å²) >= 11 is 0. The third kappa shape index (κ3) is 6.20. The summed E-state index contributed by atoms with van der Waals surface area (Å²) in [4.78, 5) is 42.4. The van der Waals surface area contributed by atoms with Gasteiger partial charge in [-0.2, -0.15) is 0 Å². The Labute approximate surface area is 182 Å². The highest BCUT2D eigenvalue weighted by Gasteiger charge is 2.29. The van der Waals surface area contributed by atoms with E-state index in [0.29, 0.717) is 19.4 Å². The van der Waals surface area contributed by atoms with Crippen LogP contribution in [0.4, 0.5) is 0 Å². The van der Waals surface area contributed by atoms with Crippen molar-refractivity contribution in [2.75, 3.05) is 13.6 Å². The Kier molecular flexibility index (Phi) is 7.87. The minimum Gasteiger partial charge on any atom is -0.481 e. The van der Waals surface area contributed by atoms with E-state index in [1.54, 1.807) is 11.9 Å². The maximum atomic E-state index is 13.2. The van der Waals surface area contributed by atoms with E-state index in [-0.39, 0.29) is 18.2 Å². The Bertz CT molecular complexity index is 949. The zero-order valence-corrected chi connectivity index (χ0v) is 18.0. The Balaban J connectivity index is 1.86. The van der Waals surface area contributed by atoms with Gasteiger partial charge in [-0.15, -0.1) is 0 Å². The Morgan fingerprint density at radius 1 is 1.16 bits per heavy atom. The molecule has 0 unspecified atom stereocenters. The lowest BCUT2D eigenvalue weighted by Gasteiger charge is -2.26. The number of carbonyl (C=O) groups is 3. The van der Waals surface area contributed by atoms with Crippen molar-refractivity contribution >= 4 is 28.7 Å². The molecule has 0 radical (unpaired) electrons. The van der Waals surface area contributed by atoms with Gasteiger partial charge in [0.25, 0.3) is 0 Å². The SMILES string of the molecule is CN1CCC/C=C/CCC[C@H](CC(=O)O)C(=O)N[C@@H](Cc2c[nH]c3ccccc23)C1=O. The summed E-state index contributed by atoms with van der Waals surface area (Å²) in [5, 5.41) is 13.2. The smallest absolute Gasteiger partial charge is 0.304 e. The molecular weight excluding hydrogens is 394 g/mol. The fraction of sp³-hybridized carbons (Fsp3) is 0.458. The summed E-state index contributed by atoms with van der Waals surface area (Å²) in [6.07, 6.45) is 9.92. The van der Waals surface area contributed by atoms with Gasteiger partial charge >= 0.3 is 5.97 Å². The number of hydrogen-bond donors (Lipinski definition) is 3. The third-order valence-electron chi connectivity index (χ3n) is 5.84. The van der Waals surface area contributed by atoms with E-state index in [9.17, 15) is 19.5 Å². The summed E-state index contributed by atoms with van der Waals surface area (Å²) in [5.74, 6) is -2.19. The molecule has 1 aliphatic rings. The average molecular weight is 426 g/mol. The van der Waals surface area contributed by atoms with E-state index in [2.05, 4.69) is 22.5 Å². The first kappa shape index (κ1) is 22.6.